The van der Waals surface area contributed by atoms with Gasteiger partial charge < -0.3 is 14.3 Å². The van der Waals surface area contributed by atoms with Crippen molar-refractivity contribution >= 4 is 50.1 Å². The summed E-state index contributed by atoms with van der Waals surface area (Å²) in [5.41, 5.74) is 1.93. The topological polar surface area (TPSA) is 54.7 Å². The first-order valence-corrected chi connectivity index (χ1v) is 25.8. The van der Waals surface area contributed by atoms with E-state index in [2.05, 4.69) is 121 Å². The number of benzene rings is 1. The molecule has 4 nitrogen and oxygen atoms in total. The van der Waals surface area contributed by atoms with Gasteiger partial charge in [-0.2, -0.15) is 0 Å². The summed E-state index contributed by atoms with van der Waals surface area (Å²) < 4.78 is 9.64. The second-order valence-corrected chi connectivity index (χ2v) is 32.7. The van der Waals surface area contributed by atoms with Gasteiger partial charge in [-0.1, -0.05) is 142 Å². The number of nitrogens with zero attached hydrogens (tertiary/aromatic N) is 4. The van der Waals surface area contributed by atoms with E-state index in [1.807, 2.05) is 24.4 Å². The van der Waals surface area contributed by atoms with Crippen LogP contribution in [-0.4, -0.2) is 44.7 Å². The van der Waals surface area contributed by atoms with Crippen LogP contribution in [0.3, 0.4) is 0 Å². The van der Waals surface area contributed by atoms with Crippen molar-refractivity contribution in [2.45, 2.75) is 105 Å². The molecule has 0 spiro atoms. The SMILES string of the molecule is CC(C)(C)N=Cc1cc2ccccc2[n-]1.C[Si](C)(C)[N-][Si](C)(C)C.C[Si](C)(C)[N-][Si](C)(C)C.[Er+3]. The molecule has 0 amide bonds. The fraction of sp³-hybridized carbons (Fsp3) is 0.640. The molecule has 2 rings (SSSR count). The van der Waals surface area contributed by atoms with Gasteiger partial charge in [0.1, 0.15) is 0 Å². The van der Waals surface area contributed by atoms with Crippen LogP contribution in [0.5, 0.6) is 0 Å². The maximum atomic E-state index is 4.82. The molecule has 34 heavy (non-hydrogen) atoms. The standard InChI is InChI=1S/C13H15N2.2C6H18NSi2.Er/c1-13(2,3)14-9-11-8-10-6-4-5-7-12(10)15-11;2*1-8(2,3)7-9(4,5)6;/h4-9H,1-3H3;2*1-6H3;/q3*-1;+3. The summed E-state index contributed by atoms with van der Waals surface area (Å²) in [6, 6.07) is 10.2. The van der Waals surface area contributed by atoms with Gasteiger partial charge >= 0.3 is 37.3 Å². The van der Waals surface area contributed by atoms with Crippen LogP contribution in [0.2, 0.25) is 78.6 Å². The van der Waals surface area contributed by atoms with Gasteiger partial charge in [-0.25, -0.2) is 0 Å². The van der Waals surface area contributed by atoms with Crippen LogP contribution < -0.4 is 4.98 Å². The maximum Gasteiger partial charge on any atom is 3.00 e. The first-order valence-electron chi connectivity index (χ1n) is 12.0. The Balaban J connectivity index is 0. The third-order valence-electron chi connectivity index (χ3n) is 3.42. The van der Waals surface area contributed by atoms with Crippen molar-refractivity contribution in [3.05, 3.63) is 45.3 Å². The summed E-state index contributed by atoms with van der Waals surface area (Å²) in [5.74, 6) is 0. The average Bonchev–Trinajstić information content (AvgIpc) is 2.89. The van der Waals surface area contributed by atoms with E-state index in [1.54, 1.807) is 0 Å². The molecule has 0 aliphatic rings. The Kier molecular flexibility index (Phi) is 15.5. The number of aromatic nitrogens is 1. The molecule has 1 aromatic carbocycles. The zero-order valence-electron chi connectivity index (χ0n) is 24.5. The molecule has 1 heterocycles. The van der Waals surface area contributed by atoms with Crippen LogP contribution >= 0.6 is 0 Å². The Morgan fingerprint density at radius 3 is 1.38 bits per heavy atom. The molecule has 0 bridgehead atoms. The smallest absolute Gasteiger partial charge is 0.668 e. The fourth-order valence-corrected chi connectivity index (χ4v) is 19.5. The first kappa shape index (κ1) is 36.6. The zero-order chi connectivity index (χ0) is 26.3. The van der Waals surface area contributed by atoms with Crippen LogP contribution in [0.1, 0.15) is 26.5 Å². The van der Waals surface area contributed by atoms with E-state index in [4.69, 9.17) is 9.30 Å². The molecule has 0 aliphatic heterocycles. The molecule has 0 saturated carbocycles. The second kappa shape index (κ2) is 14.4. The number of hydrogen-bond donors (Lipinski definition) is 0. The Labute approximate surface area is 245 Å². The van der Waals surface area contributed by atoms with Crippen molar-refractivity contribution in [2.75, 3.05) is 0 Å². The minimum absolute atomic E-state index is 0. The van der Waals surface area contributed by atoms with Crippen molar-refractivity contribution < 1.29 is 37.3 Å². The number of rotatable bonds is 5. The van der Waals surface area contributed by atoms with Gasteiger partial charge in [0.15, 0.2) is 0 Å². The Morgan fingerprint density at radius 1 is 0.706 bits per heavy atom. The van der Waals surface area contributed by atoms with Gasteiger partial charge in [-0.15, -0.1) is 11.2 Å². The normalized spacial score (nSPS) is 13.0. The quantitative estimate of drug-likeness (QED) is 0.229. The van der Waals surface area contributed by atoms with E-state index < -0.39 is 32.9 Å². The third kappa shape index (κ3) is 22.9. The minimum atomic E-state index is -1.11. The molecular formula is C25H51ErN4Si4. The summed E-state index contributed by atoms with van der Waals surface area (Å²) in [6.07, 6.45) is 1.85. The van der Waals surface area contributed by atoms with Gasteiger partial charge in [0, 0.05) is 6.21 Å². The maximum absolute atomic E-state index is 4.82. The van der Waals surface area contributed by atoms with Crippen LogP contribution in [0.15, 0.2) is 35.3 Å². The summed E-state index contributed by atoms with van der Waals surface area (Å²) in [5, 5.41) is 1.17. The Morgan fingerprint density at radius 2 is 1.09 bits per heavy atom. The fourth-order valence-electron chi connectivity index (χ4n) is 3.38. The molecule has 0 atom stereocenters. The molecule has 1 aromatic heterocycles. The molecule has 0 fully saturated rings. The molecule has 0 aliphatic carbocycles. The van der Waals surface area contributed by atoms with E-state index in [1.165, 1.54) is 5.39 Å². The van der Waals surface area contributed by atoms with Crippen molar-refractivity contribution in [2.24, 2.45) is 4.99 Å². The van der Waals surface area contributed by atoms with Crippen LogP contribution in [-0.2, 0) is 0 Å². The van der Waals surface area contributed by atoms with Crippen molar-refractivity contribution in [3.8, 4) is 0 Å². The van der Waals surface area contributed by atoms with Crippen molar-refractivity contribution in [1.29, 1.82) is 0 Å². The van der Waals surface area contributed by atoms with Crippen LogP contribution in [0, 0.1) is 37.3 Å². The van der Waals surface area contributed by atoms with E-state index >= 15 is 0 Å². The van der Waals surface area contributed by atoms with Gasteiger partial charge in [-0.05, 0) is 26.2 Å². The number of hydrogen-bond acceptors (Lipinski definition) is 1. The van der Waals surface area contributed by atoms with Gasteiger partial charge in [0.2, 0.25) is 0 Å². The number of fused-ring (bicyclic) bond motifs is 1. The summed E-state index contributed by atoms with van der Waals surface area (Å²) >= 11 is 0. The van der Waals surface area contributed by atoms with Gasteiger partial charge in [0.25, 0.3) is 0 Å². The molecule has 9 heteroatoms. The predicted octanol–water partition coefficient (Wildman–Crippen LogP) is 9.07. The van der Waals surface area contributed by atoms with E-state index in [0.717, 1.165) is 11.2 Å². The van der Waals surface area contributed by atoms with Crippen LogP contribution in [0.25, 0.3) is 20.2 Å². The first-order chi connectivity index (χ1) is 14.5. The second-order valence-electron chi connectivity index (χ2n) is 13.6. The Hall–Kier alpha value is 0.464. The Bertz CT molecular complexity index is 779. The minimum Gasteiger partial charge on any atom is -0.668 e. The number of aliphatic imine (C=N–C) groups is 1. The van der Waals surface area contributed by atoms with Crippen molar-refractivity contribution in [3.63, 3.8) is 0 Å². The summed E-state index contributed by atoms with van der Waals surface area (Å²) in [7, 11) is -4.42. The molecule has 1 radical (unpaired) electrons. The third-order valence-corrected chi connectivity index (χ3v) is 14.1. The summed E-state index contributed by atoms with van der Waals surface area (Å²) in [6.45, 7) is 33.8. The molecule has 199 valence electrons. The molecule has 2 aromatic rings. The number of para-hydroxylation sites is 1. The van der Waals surface area contributed by atoms with Crippen LogP contribution in [0.4, 0.5) is 0 Å². The van der Waals surface area contributed by atoms with E-state index in [-0.39, 0.29) is 42.8 Å². The predicted molar refractivity (Wildman–Crippen MR) is 165 cm³/mol. The largest absolute Gasteiger partial charge is 3.00 e. The monoisotopic (exact) mass is 685 g/mol. The summed E-state index contributed by atoms with van der Waals surface area (Å²) in [4.78, 5) is 8.90. The average molecular weight is 687 g/mol. The molecule has 0 saturated heterocycles. The molecule has 0 unspecified atom stereocenters. The molecular weight excluding hydrogens is 636 g/mol. The van der Waals surface area contributed by atoms with E-state index in [0.29, 0.717) is 0 Å². The van der Waals surface area contributed by atoms with Crippen molar-refractivity contribution in [1.82, 2.24) is 4.98 Å². The van der Waals surface area contributed by atoms with E-state index in [9.17, 15) is 0 Å². The molecule has 0 N–H and O–H groups in total. The van der Waals surface area contributed by atoms with Gasteiger partial charge in [0.05, 0.1) is 5.54 Å². The zero-order valence-corrected chi connectivity index (χ0v) is 30.4. The van der Waals surface area contributed by atoms with Gasteiger partial charge in [-0.3, -0.25) is 4.99 Å².